The van der Waals surface area contributed by atoms with E-state index in [0.717, 1.165) is 5.69 Å². The lowest BCUT2D eigenvalue weighted by molar-refractivity contribution is 0.0914. The first-order valence-electron chi connectivity index (χ1n) is 7.64. The molecule has 124 valence electrons. The Balaban J connectivity index is 1.64. The topological polar surface area (TPSA) is 75.4 Å². The van der Waals surface area contributed by atoms with Crippen LogP contribution in [0, 0.1) is 11.7 Å². The number of nitrogens with one attached hydrogen (secondary N) is 1. The third-order valence-electron chi connectivity index (χ3n) is 3.75. The number of aliphatic hydroxyl groups excluding tert-OH is 1. The first kappa shape index (κ1) is 16.1. The van der Waals surface area contributed by atoms with Gasteiger partial charge in [0.05, 0.1) is 0 Å². The Morgan fingerprint density at radius 1 is 1.29 bits per heavy atom. The van der Waals surface area contributed by atoms with Gasteiger partial charge in [0.2, 0.25) is 0 Å². The predicted octanol–water partition coefficient (Wildman–Crippen LogP) is 2.55. The monoisotopic (exact) mass is 328 g/mol. The van der Waals surface area contributed by atoms with Gasteiger partial charge in [-0.15, -0.1) is 0 Å². The van der Waals surface area contributed by atoms with Crippen molar-refractivity contribution < 1.29 is 18.7 Å². The molecule has 1 aromatic carbocycles. The molecule has 0 aliphatic rings. The minimum absolute atomic E-state index is 0.0459. The first-order valence-corrected chi connectivity index (χ1v) is 7.64. The van der Waals surface area contributed by atoms with E-state index >= 15 is 0 Å². The number of rotatable bonds is 6. The number of carbonyl (C=O) groups is 1. The minimum Gasteiger partial charge on any atom is -0.448 e. The molecule has 0 saturated carbocycles. The molecule has 0 spiro atoms. The number of amides is 1. The Labute approximate surface area is 138 Å². The van der Waals surface area contributed by atoms with E-state index in [9.17, 15) is 14.3 Å². The van der Waals surface area contributed by atoms with Gasteiger partial charge in [0.25, 0.3) is 5.91 Å². The highest BCUT2D eigenvalue weighted by molar-refractivity contribution is 5.96. The molecule has 3 aromatic rings. The third-order valence-corrected chi connectivity index (χ3v) is 3.75. The number of halogens is 1. The molecular weight excluding hydrogens is 311 g/mol. The Kier molecular flexibility index (Phi) is 4.86. The molecule has 3 rings (SSSR count). The number of carbonyl (C=O) groups excluding carboxylic acids is 1. The zero-order chi connectivity index (χ0) is 16.9. The van der Waals surface area contributed by atoms with E-state index < -0.39 is 11.7 Å². The molecule has 2 N–H and O–H groups in total. The standard InChI is InChI=1S/C18H17FN2O3/c19-15-6-3-4-13-9-16(24-17(13)15)18(23)21-10-12(11-22)8-14-5-1-2-7-20-14/h1-7,9,12,22H,8,10-11H2,(H,21,23). The Morgan fingerprint density at radius 2 is 2.17 bits per heavy atom. The molecule has 24 heavy (non-hydrogen) atoms. The van der Waals surface area contributed by atoms with E-state index in [4.69, 9.17) is 4.42 Å². The van der Waals surface area contributed by atoms with Gasteiger partial charge in [0.1, 0.15) is 0 Å². The Bertz CT molecular complexity index is 833. The molecule has 1 atom stereocenters. The zero-order valence-corrected chi connectivity index (χ0v) is 12.9. The fourth-order valence-corrected chi connectivity index (χ4v) is 2.48. The molecule has 0 radical (unpaired) electrons. The molecule has 2 aromatic heterocycles. The van der Waals surface area contributed by atoms with Crippen molar-refractivity contribution in [2.45, 2.75) is 6.42 Å². The molecule has 0 saturated heterocycles. The highest BCUT2D eigenvalue weighted by Gasteiger charge is 2.16. The second kappa shape index (κ2) is 7.23. The zero-order valence-electron chi connectivity index (χ0n) is 12.9. The highest BCUT2D eigenvalue weighted by Crippen LogP contribution is 2.22. The molecule has 0 bridgehead atoms. The van der Waals surface area contributed by atoms with Crippen LogP contribution in [-0.4, -0.2) is 29.1 Å². The summed E-state index contributed by atoms with van der Waals surface area (Å²) in [6, 6.07) is 11.6. The van der Waals surface area contributed by atoms with Crippen LogP contribution in [0.3, 0.4) is 0 Å². The molecule has 2 heterocycles. The van der Waals surface area contributed by atoms with Crippen molar-refractivity contribution in [3.05, 3.63) is 65.9 Å². The van der Waals surface area contributed by atoms with Gasteiger partial charge in [-0.1, -0.05) is 18.2 Å². The lowest BCUT2D eigenvalue weighted by atomic mass is 10.0. The third kappa shape index (κ3) is 3.60. The maximum Gasteiger partial charge on any atom is 0.287 e. The van der Waals surface area contributed by atoms with Gasteiger partial charge in [0, 0.05) is 36.3 Å². The van der Waals surface area contributed by atoms with Crippen LogP contribution in [0.2, 0.25) is 0 Å². The SMILES string of the molecule is O=C(NCC(CO)Cc1ccccn1)c1cc2cccc(F)c2o1. The van der Waals surface area contributed by atoms with Gasteiger partial charge in [-0.25, -0.2) is 4.39 Å². The largest absolute Gasteiger partial charge is 0.448 e. The lowest BCUT2D eigenvalue weighted by Gasteiger charge is -2.14. The molecular formula is C18H17FN2O3. The summed E-state index contributed by atoms with van der Waals surface area (Å²) in [5.41, 5.74) is 0.909. The van der Waals surface area contributed by atoms with Crippen LogP contribution in [0.5, 0.6) is 0 Å². The number of furan rings is 1. The van der Waals surface area contributed by atoms with Crippen LogP contribution in [0.1, 0.15) is 16.2 Å². The second-order valence-corrected chi connectivity index (χ2v) is 5.55. The summed E-state index contributed by atoms with van der Waals surface area (Å²) < 4.78 is 18.9. The van der Waals surface area contributed by atoms with Gasteiger partial charge >= 0.3 is 0 Å². The van der Waals surface area contributed by atoms with Crippen molar-refractivity contribution in [1.29, 1.82) is 0 Å². The van der Waals surface area contributed by atoms with Crippen molar-refractivity contribution in [3.8, 4) is 0 Å². The van der Waals surface area contributed by atoms with Gasteiger partial charge < -0.3 is 14.8 Å². The fourth-order valence-electron chi connectivity index (χ4n) is 2.48. The fraction of sp³-hybridized carbons (Fsp3) is 0.222. The summed E-state index contributed by atoms with van der Waals surface area (Å²) in [4.78, 5) is 16.4. The maximum atomic E-state index is 13.6. The van der Waals surface area contributed by atoms with Gasteiger partial charge in [0.15, 0.2) is 17.2 Å². The summed E-state index contributed by atoms with van der Waals surface area (Å²) in [5, 5.41) is 12.7. The van der Waals surface area contributed by atoms with E-state index in [-0.39, 0.29) is 30.4 Å². The van der Waals surface area contributed by atoms with Crippen molar-refractivity contribution in [3.63, 3.8) is 0 Å². The number of benzene rings is 1. The number of fused-ring (bicyclic) bond motifs is 1. The first-order chi connectivity index (χ1) is 11.7. The molecule has 0 aliphatic heterocycles. The number of aliphatic hydroxyl groups is 1. The van der Waals surface area contributed by atoms with E-state index in [1.165, 1.54) is 12.1 Å². The smallest absolute Gasteiger partial charge is 0.287 e. The van der Waals surface area contributed by atoms with Crippen molar-refractivity contribution >= 4 is 16.9 Å². The number of aromatic nitrogens is 1. The number of hydrogen-bond donors (Lipinski definition) is 2. The summed E-state index contributed by atoms with van der Waals surface area (Å²) in [5.74, 6) is -1.06. The van der Waals surface area contributed by atoms with Crippen LogP contribution < -0.4 is 5.32 Å². The van der Waals surface area contributed by atoms with Crippen LogP contribution in [-0.2, 0) is 6.42 Å². The highest BCUT2D eigenvalue weighted by atomic mass is 19.1. The number of para-hydroxylation sites is 1. The van der Waals surface area contributed by atoms with Crippen LogP contribution >= 0.6 is 0 Å². The summed E-state index contributed by atoms with van der Waals surface area (Å²) in [6.07, 6.45) is 2.23. The quantitative estimate of drug-likeness (QED) is 0.729. The van der Waals surface area contributed by atoms with Gasteiger partial charge in [-0.05, 0) is 30.7 Å². The normalized spacial score (nSPS) is 12.2. The van der Waals surface area contributed by atoms with E-state index in [0.29, 0.717) is 11.8 Å². The lowest BCUT2D eigenvalue weighted by Crippen LogP contribution is -2.31. The van der Waals surface area contributed by atoms with Gasteiger partial charge in [-0.3, -0.25) is 9.78 Å². The van der Waals surface area contributed by atoms with E-state index in [1.807, 2.05) is 18.2 Å². The summed E-state index contributed by atoms with van der Waals surface area (Å²) in [7, 11) is 0. The van der Waals surface area contributed by atoms with Crippen LogP contribution in [0.25, 0.3) is 11.0 Å². The number of hydrogen-bond acceptors (Lipinski definition) is 4. The van der Waals surface area contributed by atoms with Crippen molar-refractivity contribution in [1.82, 2.24) is 10.3 Å². The van der Waals surface area contributed by atoms with E-state index in [1.54, 1.807) is 18.3 Å². The van der Waals surface area contributed by atoms with E-state index in [2.05, 4.69) is 10.3 Å². The van der Waals surface area contributed by atoms with Gasteiger partial charge in [-0.2, -0.15) is 0 Å². The molecule has 5 nitrogen and oxygen atoms in total. The van der Waals surface area contributed by atoms with Crippen LogP contribution in [0.4, 0.5) is 4.39 Å². The Morgan fingerprint density at radius 3 is 2.88 bits per heavy atom. The predicted molar refractivity (Wildman–Crippen MR) is 87.0 cm³/mol. The molecule has 6 heteroatoms. The molecule has 1 unspecified atom stereocenters. The second-order valence-electron chi connectivity index (χ2n) is 5.55. The molecule has 0 aliphatic carbocycles. The average Bonchev–Trinajstić information content (AvgIpc) is 3.05. The van der Waals surface area contributed by atoms with Crippen molar-refractivity contribution in [2.75, 3.05) is 13.2 Å². The van der Waals surface area contributed by atoms with Crippen LogP contribution in [0.15, 0.2) is 53.1 Å². The molecule has 1 amide bonds. The summed E-state index contributed by atoms with van der Waals surface area (Å²) >= 11 is 0. The maximum absolute atomic E-state index is 13.6. The minimum atomic E-state index is -0.505. The average molecular weight is 328 g/mol. The van der Waals surface area contributed by atoms with Crippen molar-refractivity contribution in [2.24, 2.45) is 5.92 Å². The molecule has 0 fully saturated rings. The summed E-state index contributed by atoms with van der Waals surface area (Å²) in [6.45, 7) is 0.192. The number of nitrogens with zero attached hydrogens (tertiary/aromatic N) is 1. The Hall–Kier alpha value is -2.73. The number of pyridine rings is 1.